The third-order valence-electron chi connectivity index (χ3n) is 2.07. The smallest absolute Gasteiger partial charge is 0.0398 e. The van der Waals surface area contributed by atoms with Crippen molar-refractivity contribution in [3.8, 4) is 0 Å². The van der Waals surface area contributed by atoms with Gasteiger partial charge in [0.15, 0.2) is 0 Å². The third-order valence-corrected chi connectivity index (χ3v) is 2.07. The molecule has 0 aliphatic carbocycles. The molecule has 0 bridgehead atoms. The van der Waals surface area contributed by atoms with E-state index in [0.717, 1.165) is 19.6 Å². The van der Waals surface area contributed by atoms with Crippen LogP contribution in [0.15, 0.2) is 36.7 Å². The minimum atomic E-state index is 1.06. The van der Waals surface area contributed by atoms with Gasteiger partial charge in [-0.2, -0.15) is 0 Å². The first-order valence-electron chi connectivity index (χ1n) is 4.63. The maximum Gasteiger partial charge on any atom is 0.0398 e. The summed E-state index contributed by atoms with van der Waals surface area (Å²) in [6.45, 7) is 9.10. The molecule has 0 aromatic heterocycles. The summed E-state index contributed by atoms with van der Waals surface area (Å²) in [6.07, 6.45) is 8.01. The number of rotatable bonds is 5. The van der Waals surface area contributed by atoms with E-state index in [1.807, 2.05) is 12.3 Å². The zero-order valence-corrected chi connectivity index (χ0v) is 8.53. The van der Waals surface area contributed by atoms with Crippen molar-refractivity contribution >= 4 is 0 Å². The van der Waals surface area contributed by atoms with E-state index in [-0.39, 0.29) is 0 Å². The van der Waals surface area contributed by atoms with Crippen LogP contribution in [0.5, 0.6) is 0 Å². The molecular formula is C11H18N2. The fourth-order valence-corrected chi connectivity index (χ4v) is 1.32. The molecule has 1 aliphatic rings. The molecule has 0 saturated heterocycles. The van der Waals surface area contributed by atoms with Crippen LogP contribution in [0.4, 0.5) is 0 Å². The Morgan fingerprint density at radius 1 is 1.69 bits per heavy atom. The first kappa shape index (κ1) is 9.90. The molecule has 1 aliphatic heterocycles. The van der Waals surface area contributed by atoms with Gasteiger partial charge in [0.25, 0.3) is 0 Å². The maximum absolute atomic E-state index is 3.63. The van der Waals surface area contributed by atoms with Gasteiger partial charge >= 0.3 is 0 Å². The highest BCUT2D eigenvalue weighted by Crippen LogP contribution is 2.10. The van der Waals surface area contributed by atoms with Crippen LogP contribution in [0.1, 0.15) is 6.92 Å². The lowest BCUT2D eigenvalue weighted by molar-refractivity contribution is 0.310. The number of allylic oxidation sites excluding steroid dienone is 2. The van der Waals surface area contributed by atoms with Crippen LogP contribution >= 0.6 is 0 Å². The standard InChI is InChI=1S/C11H18N2/c1-4-5-6-12(3)7-8-13-9-11(2)10-13/h4-6,9H,1,7-8,10H2,2-3H3/b6-5-. The molecule has 0 aromatic rings. The van der Waals surface area contributed by atoms with Gasteiger partial charge in [-0.1, -0.05) is 12.7 Å². The summed E-state index contributed by atoms with van der Waals surface area (Å²) < 4.78 is 0. The summed E-state index contributed by atoms with van der Waals surface area (Å²) >= 11 is 0. The zero-order valence-electron chi connectivity index (χ0n) is 8.53. The Hall–Kier alpha value is -1.18. The second-order valence-electron chi connectivity index (χ2n) is 3.50. The van der Waals surface area contributed by atoms with Crippen molar-refractivity contribution in [2.45, 2.75) is 6.92 Å². The summed E-state index contributed by atoms with van der Waals surface area (Å²) in [6, 6.07) is 0. The molecule has 1 rings (SSSR count). The highest BCUT2D eigenvalue weighted by atomic mass is 15.2. The van der Waals surface area contributed by atoms with Gasteiger partial charge in [0, 0.05) is 32.9 Å². The molecule has 72 valence electrons. The first-order valence-corrected chi connectivity index (χ1v) is 4.63. The molecule has 0 radical (unpaired) electrons. The highest BCUT2D eigenvalue weighted by molar-refractivity contribution is 5.10. The SMILES string of the molecule is C=C/C=C\N(C)CCN1C=C(C)C1. The second kappa shape index (κ2) is 4.75. The fraction of sp³-hybridized carbons (Fsp3) is 0.455. The summed E-state index contributed by atoms with van der Waals surface area (Å²) in [5.74, 6) is 0. The predicted molar refractivity (Wildman–Crippen MR) is 57.3 cm³/mol. The third kappa shape index (κ3) is 3.36. The van der Waals surface area contributed by atoms with Crippen LogP contribution in [0.3, 0.4) is 0 Å². The van der Waals surface area contributed by atoms with Crippen molar-refractivity contribution in [3.63, 3.8) is 0 Å². The first-order chi connectivity index (χ1) is 6.22. The molecule has 0 saturated carbocycles. The molecule has 0 unspecified atom stereocenters. The molecule has 0 fully saturated rings. The molecule has 0 amide bonds. The molecule has 0 spiro atoms. The van der Waals surface area contributed by atoms with Gasteiger partial charge in [-0.15, -0.1) is 0 Å². The van der Waals surface area contributed by atoms with Gasteiger partial charge in [0.1, 0.15) is 0 Å². The van der Waals surface area contributed by atoms with E-state index in [2.05, 4.69) is 36.6 Å². The Labute approximate surface area is 80.8 Å². The molecule has 0 aromatic carbocycles. The highest BCUT2D eigenvalue weighted by Gasteiger charge is 2.09. The van der Waals surface area contributed by atoms with E-state index < -0.39 is 0 Å². The lowest BCUT2D eigenvalue weighted by atomic mass is 10.2. The average molecular weight is 178 g/mol. The molecule has 2 heteroatoms. The lowest BCUT2D eigenvalue weighted by Gasteiger charge is -2.31. The Morgan fingerprint density at radius 3 is 2.92 bits per heavy atom. The Kier molecular flexibility index (Phi) is 3.62. The quantitative estimate of drug-likeness (QED) is 0.593. The van der Waals surface area contributed by atoms with Gasteiger partial charge in [-0.05, 0) is 24.8 Å². The van der Waals surface area contributed by atoms with Crippen molar-refractivity contribution in [2.75, 3.05) is 26.7 Å². The molecular weight excluding hydrogens is 160 g/mol. The van der Waals surface area contributed by atoms with Crippen LogP contribution in [0.25, 0.3) is 0 Å². The summed E-state index contributed by atoms with van der Waals surface area (Å²) in [5.41, 5.74) is 1.48. The monoisotopic (exact) mass is 178 g/mol. The normalized spacial score (nSPS) is 15.5. The summed E-state index contributed by atoms with van der Waals surface area (Å²) in [5, 5.41) is 0. The molecule has 2 nitrogen and oxygen atoms in total. The van der Waals surface area contributed by atoms with Crippen LogP contribution in [0, 0.1) is 0 Å². The van der Waals surface area contributed by atoms with Crippen LogP contribution in [-0.2, 0) is 0 Å². The van der Waals surface area contributed by atoms with Gasteiger partial charge in [0.05, 0.1) is 0 Å². The van der Waals surface area contributed by atoms with Gasteiger partial charge in [-0.3, -0.25) is 0 Å². The average Bonchev–Trinajstić information content (AvgIpc) is 2.07. The van der Waals surface area contributed by atoms with Crippen LogP contribution in [-0.4, -0.2) is 36.5 Å². The number of hydrogen-bond acceptors (Lipinski definition) is 2. The van der Waals surface area contributed by atoms with Crippen LogP contribution < -0.4 is 0 Å². The van der Waals surface area contributed by atoms with E-state index in [4.69, 9.17) is 0 Å². The zero-order chi connectivity index (χ0) is 9.68. The van der Waals surface area contributed by atoms with Crippen molar-refractivity contribution in [1.82, 2.24) is 9.80 Å². The van der Waals surface area contributed by atoms with Gasteiger partial charge in [0.2, 0.25) is 0 Å². The Balaban J connectivity index is 2.12. The summed E-state index contributed by atoms with van der Waals surface area (Å²) in [7, 11) is 2.08. The minimum Gasteiger partial charge on any atom is -0.379 e. The maximum atomic E-state index is 3.63. The molecule has 13 heavy (non-hydrogen) atoms. The Morgan fingerprint density at radius 2 is 2.38 bits per heavy atom. The van der Waals surface area contributed by atoms with E-state index in [0.29, 0.717) is 0 Å². The largest absolute Gasteiger partial charge is 0.379 e. The molecule has 0 atom stereocenters. The number of likely N-dealkylation sites (N-methyl/N-ethyl adjacent to an activating group) is 1. The van der Waals surface area contributed by atoms with E-state index >= 15 is 0 Å². The topological polar surface area (TPSA) is 6.48 Å². The van der Waals surface area contributed by atoms with E-state index in [1.54, 1.807) is 6.08 Å². The van der Waals surface area contributed by atoms with Gasteiger partial charge in [-0.25, -0.2) is 0 Å². The minimum absolute atomic E-state index is 1.06. The fourth-order valence-electron chi connectivity index (χ4n) is 1.32. The van der Waals surface area contributed by atoms with Crippen molar-refractivity contribution in [3.05, 3.63) is 36.7 Å². The van der Waals surface area contributed by atoms with E-state index in [1.165, 1.54) is 5.57 Å². The summed E-state index contributed by atoms with van der Waals surface area (Å²) in [4.78, 5) is 4.50. The lowest BCUT2D eigenvalue weighted by Crippen LogP contribution is -2.34. The Bertz CT molecular complexity index is 228. The molecule has 0 N–H and O–H groups in total. The number of nitrogens with zero attached hydrogens (tertiary/aromatic N) is 2. The van der Waals surface area contributed by atoms with Crippen LogP contribution in [0.2, 0.25) is 0 Å². The molecule has 1 heterocycles. The van der Waals surface area contributed by atoms with Crippen molar-refractivity contribution in [2.24, 2.45) is 0 Å². The van der Waals surface area contributed by atoms with Crippen molar-refractivity contribution in [1.29, 1.82) is 0 Å². The van der Waals surface area contributed by atoms with Gasteiger partial charge < -0.3 is 9.80 Å². The predicted octanol–water partition coefficient (Wildman–Crippen LogP) is 1.84. The second-order valence-corrected chi connectivity index (χ2v) is 3.50. The van der Waals surface area contributed by atoms with E-state index in [9.17, 15) is 0 Å². The van der Waals surface area contributed by atoms with Crippen molar-refractivity contribution < 1.29 is 0 Å². The number of hydrogen-bond donors (Lipinski definition) is 0.